The molecule has 0 aliphatic heterocycles. The smallest absolute Gasteiger partial charge is 0.160 e. The second-order valence-corrected chi connectivity index (χ2v) is 6.36. The molecule has 0 atom stereocenters. The molecule has 19 heavy (non-hydrogen) atoms. The molecule has 0 N–H and O–H groups in total. The fourth-order valence-electron chi connectivity index (χ4n) is 1.99. The number of imidazole rings is 1. The highest BCUT2D eigenvalue weighted by Gasteiger charge is 2.13. The topological polar surface area (TPSA) is 30.7 Å². The summed E-state index contributed by atoms with van der Waals surface area (Å²) in [6.07, 6.45) is 0. The molecule has 0 aliphatic carbocycles. The Morgan fingerprint density at radius 1 is 1.32 bits per heavy atom. The highest BCUT2D eigenvalue weighted by atomic mass is 79.9. The van der Waals surface area contributed by atoms with Gasteiger partial charge in [-0.25, -0.2) is 9.97 Å². The van der Waals surface area contributed by atoms with Crippen molar-refractivity contribution in [1.29, 1.82) is 0 Å². The van der Waals surface area contributed by atoms with E-state index in [2.05, 4.69) is 41.9 Å². The van der Waals surface area contributed by atoms with E-state index in [1.54, 1.807) is 11.3 Å². The molecule has 98 valence electrons. The number of halogens is 2. The molecule has 0 amide bonds. The Hall–Kier alpha value is -0.910. The predicted octanol–water partition coefficient (Wildman–Crippen LogP) is 4.35. The average molecular weight is 357 g/mol. The molecule has 0 aromatic carbocycles. The number of nitrogens with zero attached hydrogens (tertiary/aromatic N) is 3. The molecule has 0 radical (unpaired) electrons. The molecule has 0 saturated carbocycles. The van der Waals surface area contributed by atoms with E-state index in [9.17, 15) is 0 Å². The minimum Gasteiger partial charge on any atom is -0.306 e. The summed E-state index contributed by atoms with van der Waals surface area (Å²) in [6.45, 7) is 2.73. The zero-order chi connectivity index (χ0) is 13.4. The van der Waals surface area contributed by atoms with Gasteiger partial charge in [0, 0.05) is 15.0 Å². The Balaban J connectivity index is 2.15. The predicted molar refractivity (Wildman–Crippen MR) is 82.9 cm³/mol. The van der Waals surface area contributed by atoms with Gasteiger partial charge < -0.3 is 4.57 Å². The van der Waals surface area contributed by atoms with Crippen molar-refractivity contribution in [2.45, 2.75) is 19.3 Å². The van der Waals surface area contributed by atoms with Crippen LogP contribution in [0.2, 0.25) is 0 Å². The minimum atomic E-state index is 0.387. The van der Waals surface area contributed by atoms with Crippen LogP contribution in [0, 0.1) is 6.92 Å². The van der Waals surface area contributed by atoms with Crippen LogP contribution in [0.1, 0.15) is 16.4 Å². The summed E-state index contributed by atoms with van der Waals surface area (Å²) in [5.74, 6) is 1.24. The van der Waals surface area contributed by atoms with Gasteiger partial charge in [-0.3, -0.25) is 0 Å². The van der Waals surface area contributed by atoms with Gasteiger partial charge in [-0.05, 0) is 46.4 Å². The van der Waals surface area contributed by atoms with Crippen molar-refractivity contribution in [2.75, 3.05) is 0 Å². The Labute approximate surface area is 128 Å². The molecule has 3 nitrogen and oxygen atoms in total. The van der Waals surface area contributed by atoms with Crippen molar-refractivity contribution < 1.29 is 0 Å². The van der Waals surface area contributed by atoms with Crippen LogP contribution >= 0.6 is 38.9 Å². The third-order valence-electron chi connectivity index (χ3n) is 2.92. The van der Waals surface area contributed by atoms with Crippen LogP contribution in [0.4, 0.5) is 0 Å². The summed E-state index contributed by atoms with van der Waals surface area (Å²) in [6, 6.07) is 6.02. The number of thiophene rings is 1. The maximum absolute atomic E-state index is 6.00. The number of hydrogen-bond donors (Lipinski definition) is 0. The Morgan fingerprint density at radius 3 is 2.84 bits per heavy atom. The van der Waals surface area contributed by atoms with Crippen LogP contribution in [-0.4, -0.2) is 14.5 Å². The van der Waals surface area contributed by atoms with Gasteiger partial charge in [-0.15, -0.1) is 22.9 Å². The van der Waals surface area contributed by atoms with Crippen molar-refractivity contribution in [1.82, 2.24) is 14.5 Å². The minimum absolute atomic E-state index is 0.387. The molecule has 0 fully saturated rings. The van der Waals surface area contributed by atoms with Gasteiger partial charge in [0.2, 0.25) is 0 Å². The SMILES string of the molecule is Cc1ccc2nc(CCl)n(Cc3sccc3Br)c2n1. The first-order valence-corrected chi connectivity index (χ1v) is 8.00. The fraction of sp³-hybridized carbons (Fsp3) is 0.231. The van der Waals surface area contributed by atoms with Crippen LogP contribution in [0.25, 0.3) is 11.2 Å². The lowest BCUT2D eigenvalue weighted by atomic mass is 10.3. The van der Waals surface area contributed by atoms with Crippen molar-refractivity contribution in [3.8, 4) is 0 Å². The third-order valence-corrected chi connectivity index (χ3v) is 5.07. The number of rotatable bonds is 3. The van der Waals surface area contributed by atoms with Crippen molar-refractivity contribution in [3.05, 3.63) is 44.4 Å². The van der Waals surface area contributed by atoms with Gasteiger partial charge in [0.15, 0.2) is 5.65 Å². The van der Waals surface area contributed by atoms with Crippen LogP contribution < -0.4 is 0 Å². The normalized spacial score (nSPS) is 11.3. The lowest BCUT2D eigenvalue weighted by Crippen LogP contribution is -2.04. The van der Waals surface area contributed by atoms with Crippen molar-refractivity contribution in [2.24, 2.45) is 0 Å². The van der Waals surface area contributed by atoms with E-state index in [1.807, 2.05) is 19.1 Å². The van der Waals surface area contributed by atoms with E-state index in [0.29, 0.717) is 5.88 Å². The largest absolute Gasteiger partial charge is 0.306 e. The van der Waals surface area contributed by atoms with Gasteiger partial charge in [0.1, 0.15) is 11.3 Å². The molecule has 3 rings (SSSR count). The standard InChI is InChI=1S/C13H11BrClN3S/c1-8-2-3-10-13(16-8)18(12(6-15)17-10)7-11-9(14)4-5-19-11/h2-5H,6-7H2,1H3. The van der Waals surface area contributed by atoms with Crippen LogP contribution in [0.3, 0.4) is 0 Å². The second-order valence-electron chi connectivity index (χ2n) is 4.23. The Bertz CT molecular complexity index is 735. The van der Waals surface area contributed by atoms with Crippen molar-refractivity contribution >= 4 is 50.0 Å². The number of alkyl halides is 1. The lowest BCUT2D eigenvalue weighted by Gasteiger charge is -2.06. The van der Waals surface area contributed by atoms with E-state index in [4.69, 9.17) is 11.6 Å². The van der Waals surface area contributed by atoms with Crippen LogP contribution in [0.15, 0.2) is 28.1 Å². The number of aromatic nitrogens is 3. The first-order valence-electron chi connectivity index (χ1n) is 5.79. The van der Waals surface area contributed by atoms with Gasteiger partial charge >= 0.3 is 0 Å². The lowest BCUT2D eigenvalue weighted by molar-refractivity contribution is 0.777. The summed E-state index contributed by atoms with van der Waals surface area (Å²) in [5, 5.41) is 2.07. The van der Waals surface area contributed by atoms with Crippen molar-refractivity contribution in [3.63, 3.8) is 0 Å². The van der Waals surface area contributed by atoms with Gasteiger partial charge in [-0.1, -0.05) is 0 Å². The maximum atomic E-state index is 6.00. The molecule has 3 heterocycles. The quantitative estimate of drug-likeness (QED) is 0.653. The number of hydrogen-bond acceptors (Lipinski definition) is 3. The molecule has 0 spiro atoms. The van der Waals surface area contributed by atoms with Gasteiger partial charge in [0.05, 0.1) is 12.4 Å². The summed E-state index contributed by atoms with van der Waals surface area (Å²) in [7, 11) is 0. The maximum Gasteiger partial charge on any atom is 0.160 e. The van der Waals surface area contributed by atoms with E-state index in [0.717, 1.165) is 33.7 Å². The van der Waals surface area contributed by atoms with Gasteiger partial charge in [0.25, 0.3) is 0 Å². The molecule has 0 unspecified atom stereocenters. The van der Waals surface area contributed by atoms with E-state index < -0.39 is 0 Å². The zero-order valence-electron chi connectivity index (χ0n) is 10.2. The Morgan fingerprint density at radius 2 is 2.16 bits per heavy atom. The zero-order valence-corrected chi connectivity index (χ0v) is 13.4. The fourth-order valence-corrected chi connectivity index (χ4v) is 3.66. The highest BCUT2D eigenvalue weighted by Crippen LogP contribution is 2.26. The van der Waals surface area contributed by atoms with Gasteiger partial charge in [-0.2, -0.15) is 0 Å². The average Bonchev–Trinajstić information content (AvgIpc) is 2.95. The highest BCUT2D eigenvalue weighted by molar-refractivity contribution is 9.10. The van der Waals surface area contributed by atoms with Crippen LogP contribution in [0.5, 0.6) is 0 Å². The van der Waals surface area contributed by atoms with E-state index in [1.165, 1.54) is 4.88 Å². The number of pyridine rings is 1. The van der Waals surface area contributed by atoms with E-state index in [-0.39, 0.29) is 0 Å². The first-order chi connectivity index (χ1) is 9.19. The molecule has 0 bridgehead atoms. The van der Waals surface area contributed by atoms with E-state index >= 15 is 0 Å². The molecule has 0 aliphatic rings. The molecule has 0 saturated heterocycles. The summed E-state index contributed by atoms with van der Waals surface area (Å²) in [5.41, 5.74) is 2.78. The third kappa shape index (κ3) is 2.42. The second kappa shape index (κ2) is 5.23. The molecule has 6 heteroatoms. The monoisotopic (exact) mass is 355 g/mol. The molecule has 3 aromatic rings. The Kier molecular flexibility index (Phi) is 3.60. The summed E-state index contributed by atoms with van der Waals surface area (Å²) < 4.78 is 3.21. The molecule has 3 aromatic heterocycles. The summed E-state index contributed by atoms with van der Waals surface area (Å²) in [4.78, 5) is 10.4. The number of aryl methyl sites for hydroxylation is 1. The first kappa shape index (κ1) is 13.1. The number of fused-ring (bicyclic) bond motifs is 1. The van der Waals surface area contributed by atoms with Crippen LogP contribution in [-0.2, 0) is 12.4 Å². The molecular formula is C13H11BrClN3S. The summed E-state index contributed by atoms with van der Waals surface area (Å²) >= 11 is 11.3. The molecular weight excluding hydrogens is 346 g/mol.